The van der Waals surface area contributed by atoms with Crippen LogP contribution in [0.25, 0.3) is 11.3 Å². The minimum absolute atomic E-state index is 0.257. The molecule has 0 saturated carbocycles. The molecule has 146 valence electrons. The van der Waals surface area contributed by atoms with Gasteiger partial charge < -0.3 is 20.7 Å². The van der Waals surface area contributed by atoms with Crippen molar-refractivity contribution in [3.05, 3.63) is 41.5 Å². The molecule has 3 heterocycles. The lowest BCUT2D eigenvalue weighted by Gasteiger charge is -2.14. The fourth-order valence-electron chi connectivity index (χ4n) is 3.25. The van der Waals surface area contributed by atoms with Crippen LogP contribution in [0.3, 0.4) is 0 Å². The van der Waals surface area contributed by atoms with E-state index in [1.165, 1.54) is 7.11 Å². The lowest BCUT2D eigenvalue weighted by molar-refractivity contribution is 0.413. The zero-order valence-electron chi connectivity index (χ0n) is 16.0. The number of anilines is 3. The van der Waals surface area contributed by atoms with Crippen molar-refractivity contribution in [1.29, 1.82) is 0 Å². The van der Waals surface area contributed by atoms with Gasteiger partial charge in [0.2, 0.25) is 5.95 Å². The Morgan fingerprint density at radius 3 is 2.86 bits per heavy atom. The van der Waals surface area contributed by atoms with Crippen molar-refractivity contribution < 1.29 is 9.13 Å². The van der Waals surface area contributed by atoms with E-state index in [2.05, 4.69) is 31.0 Å². The number of benzene rings is 1. The van der Waals surface area contributed by atoms with Crippen LogP contribution in [0.5, 0.6) is 5.75 Å². The van der Waals surface area contributed by atoms with Crippen LogP contribution in [0.15, 0.2) is 24.3 Å². The summed E-state index contributed by atoms with van der Waals surface area (Å²) in [6.07, 6.45) is 0. The second kappa shape index (κ2) is 7.43. The fourth-order valence-corrected chi connectivity index (χ4v) is 3.25. The summed E-state index contributed by atoms with van der Waals surface area (Å²) in [6, 6.07) is 7.02. The van der Waals surface area contributed by atoms with Crippen LogP contribution in [0.1, 0.15) is 11.4 Å². The van der Waals surface area contributed by atoms with Crippen molar-refractivity contribution in [2.45, 2.75) is 20.0 Å². The van der Waals surface area contributed by atoms with Gasteiger partial charge in [-0.15, -0.1) is 0 Å². The molecule has 0 bridgehead atoms. The largest absolute Gasteiger partial charge is 0.496 e. The highest BCUT2D eigenvalue weighted by Crippen LogP contribution is 2.37. The first-order valence-corrected chi connectivity index (χ1v) is 9.04. The third-order valence-corrected chi connectivity index (χ3v) is 4.61. The smallest absolute Gasteiger partial charge is 0.229 e. The number of rotatable bonds is 5. The van der Waals surface area contributed by atoms with Crippen LogP contribution in [0, 0.1) is 12.7 Å². The number of ether oxygens (including phenoxy) is 1. The van der Waals surface area contributed by atoms with Gasteiger partial charge in [0.25, 0.3) is 0 Å². The van der Waals surface area contributed by atoms with Crippen LogP contribution >= 0.6 is 0 Å². The van der Waals surface area contributed by atoms with Gasteiger partial charge in [0, 0.05) is 31.9 Å². The Balaban J connectivity index is 1.75. The third kappa shape index (κ3) is 3.36. The van der Waals surface area contributed by atoms with Gasteiger partial charge in [0.05, 0.1) is 36.3 Å². The van der Waals surface area contributed by atoms with Crippen LogP contribution in [-0.2, 0) is 13.1 Å². The maximum atomic E-state index is 15.5. The number of aromatic nitrogens is 4. The van der Waals surface area contributed by atoms with Gasteiger partial charge >= 0.3 is 0 Å². The predicted octanol–water partition coefficient (Wildman–Crippen LogP) is 2.68. The number of halogens is 1. The molecule has 0 spiro atoms. The maximum Gasteiger partial charge on any atom is 0.229 e. The zero-order valence-corrected chi connectivity index (χ0v) is 16.0. The lowest BCUT2D eigenvalue weighted by Crippen LogP contribution is -2.28. The molecular formula is C19H22FN7O. The second-order valence-electron chi connectivity index (χ2n) is 6.52. The SMILES string of the molecule is CNc1cc(C)nc(Nc2ccc(OC)c(-c3cc4n(n3)CCNC4)c2F)n1. The number of methoxy groups -OCH3 is 1. The molecule has 4 rings (SSSR count). The average molecular weight is 383 g/mol. The minimum Gasteiger partial charge on any atom is -0.496 e. The molecule has 2 aromatic heterocycles. The first kappa shape index (κ1) is 18.2. The van der Waals surface area contributed by atoms with Gasteiger partial charge in [-0.05, 0) is 25.1 Å². The van der Waals surface area contributed by atoms with Crippen molar-refractivity contribution >= 4 is 17.5 Å². The Hall–Kier alpha value is -3.20. The second-order valence-corrected chi connectivity index (χ2v) is 6.52. The Morgan fingerprint density at radius 1 is 1.25 bits per heavy atom. The van der Waals surface area contributed by atoms with E-state index in [0.717, 1.165) is 24.5 Å². The summed E-state index contributed by atoms with van der Waals surface area (Å²) in [6.45, 7) is 4.15. The number of hydrogen-bond donors (Lipinski definition) is 3. The van der Waals surface area contributed by atoms with Gasteiger partial charge in [0.1, 0.15) is 11.6 Å². The summed E-state index contributed by atoms with van der Waals surface area (Å²) >= 11 is 0. The standard InChI is InChI=1S/C19H22FN7O/c1-11-8-16(21-2)25-19(23-11)24-13-4-5-15(28-3)17(18(13)20)14-9-12-10-22-6-7-27(12)26-14/h4-5,8-9,22H,6-7,10H2,1-3H3,(H2,21,23,24,25). The van der Waals surface area contributed by atoms with Crippen molar-refractivity contribution in [2.24, 2.45) is 0 Å². The molecule has 8 nitrogen and oxygen atoms in total. The van der Waals surface area contributed by atoms with E-state index < -0.39 is 5.82 Å². The molecule has 1 aromatic carbocycles. The van der Waals surface area contributed by atoms with E-state index in [-0.39, 0.29) is 5.69 Å². The number of hydrogen-bond acceptors (Lipinski definition) is 7. The molecule has 0 saturated heterocycles. The van der Waals surface area contributed by atoms with Gasteiger partial charge in [-0.1, -0.05) is 0 Å². The first-order chi connectivity index (χ1) is 13.6. The molecule has 0 atom stereocenters. The van der Waals surface area contributed by atoms with Gasteiger partial charge in [0.15, 0.2) is 5.82 Å². The van der Waals surface area contributed by atoms with E-state index in [1.807, 2.05) is 23.7 Å². The van der Waals surface area contributed by atoms with Gasteiger partial charge in [-0.25, -0.2) is 9.37 Å². The van der Waals surface area contributed by atoms with Crippen LogP contribution in [-0.4, -0.2) is 40.5 Å². The van der Waals surface area contributed by atoms with E-state index in [9.17, 15) is 0 Å². The molecule has 0 amide bonds. The predicted molar refractivity (Wildman–Crippen MR) is 105 cm³/mol. The molecule has 1 aliphatic rings. The van der Waals surface area contributed by atoms with E-state index in [0.29, 0.717) is 35.3 Å². The van der Waals surface area contributed by atoms with Crippen molar-refractivity contribution in [2.75, 3.05) is 31.3 Å². The quantitative estimate of drug-likeness (QED) is 0.624. The molecular weight excluding hydrogens is 361 g/mol. The number of aryl methyl sites for hydroxylation is 1. The van der Waals surface area contributed by atoms with Crippen LogP contribution in [0.4, 0.5) is 21.8 Å². The highest BCUT2D eigenvalue weighted by molar-refractivity contribution is 5.75. The van der Waals surface area contributed by atoms with E-state index >= 15 is 4.39 Å². The summed E-state index contributed by atoms with van der Waals surface area (Å²) in [5.41, 5.74) is 2.90. The first-order valence-electron chi connectivity index (χ1n) is 9.04. The summed E-state index contributed by atoms with van der Waals surface area (Å²) in [7, 11) is 3.29. The molecule has 0 unspecified atom stereocenters. The summed E-state index contributed by atoms with van der Waals surface area (Å²) in [5, 5.41) is 13.8. The Labute approximate surface area is 162 Å². The van der Waals surface area contributed by atoms with Crippen LogP contribution in [0.2, 0.25) is 0 Å². The Morgan fingerprint density at radius 2 is 2.11 bits per heavy atom. The fraction of sp³-hybridized carbons (Fsp3) is 0.316. The molecule has 0 fully saturated rings. The van der Waals surface area contributed by atoms with Crippen molar-refractivity contribution in [1.82, 2.24) is 25.1 Å². The molecule has 0 aliphatic carbocycles. The molecule has 3 N–H and O–H groups in total. The maximum absolute atomic E-state index is 15.5. The molecule has 28 heavy (non-hydrogen) atoms. The molecule has 1 aliphatic heterocycles. The monoisotopic (exact) mass is 383 g/mol. The Bertz CT molecular complexity index is 994. The van der Waals surface area contributed by atoms with E-state index in [1.54, 1.807) is 19.2 Å². The summed E-state index contributed by atoms with van der Waals surface area (Å²) < 4.78 is 22.8. The number of nitrogens with zero attached hydrogens (tertiary/aromatic N) is 4. The highest BCUT2D eigenvalue weighted by atomic mass is 19.1. The highest BCUT2D eigenvalue weighted by Gasteiger charge is 2.21. The minimum atomic E-state index is -0.459. The van der Waals surface area contributed by atoms with Gasteiger partial charge in [-0.3, -0.25) is 4.68 Å². The third-order valence-electron chi connectivity index (χ3n) is 4.61. The van der Waals surface area contributed by atoms with E-state index in [4.69, 9.17) is 4.74 Å². The lowest BCUT2D eigenvalue weighted by atomic mass is 10.1. The molecule has 9 heteroatoms. The summed E-state index contributed by atoms with van der Waals surface area (Å²) in [5.74, 6) is 0.928. The topological polar surface area (TPSA) is 88.9 Å². The zero-order chi connectivity index (χ0) is 19.7. The number of fused-ring (bicyclic) bond motifs is 1. The Kier molecular flexibility index (Phi) is 4.82. The van der Waals surface area contributed by atoms with Crippen LogP contribution < -0.4 is 20.7 Å². The number of nitrogens with one attached hydrogen (secondary N) is 3. The summed E-state index contributed by atoms with van der Waals surface area (Å²) in [4.78, 5) is 8.66. The molecule has 3 aromatic rings. The van der Waals surface area contributed by atoms with Gasteiger partial charge in [-0.2, -0.15) is 10.1 Å². The normalized spacial score (nSPS) is 13.1. The average Bonchev–Trinajstić information content (AvgIpc) is 3.12. The van der Waals surface area contributed by atoms with Crippen molar-refractivity contribution in [3.63, 3.8) is 0 Å². The molecule has 0 radical (unpaired) electrons. The van der Waals surface area contributed by atoms with Crippen molar-refractivity contribution in [3.8, 4) is 17.0 Å².